The molecule has 1 amide bonds. The molecule has 2 saturated carbocycles. The summed E-state index contributed by atoms with van der Waals surface area (Å²) >= 11 is 1.72. The molecule has 22 heavy (non-hydrogen) atoms. The van der Waals surface area contributed by atoms with E-state index < -0.39 is 0 Å². The zero-order valence-corrected chi connectivity index (χ0v) is 13.8. The molecule has 0 spiro atoms. The first-order valence-electron chi connectivity index (χ1n) is 8.39. The van der Waals surface area contributed by atoms with E-state index in [0.717, 1.165) is 25.7 Å². The Morgan fingerprint density at radius 1 is 1.27 bits per heavy atom. The summed E-state index contributed by atoms with van der Waals surface area (Å²) in [6.07, 6.45) is 7.21. The topological polar surface area (TPSA) is 49.3 Å². The molecule has 1 atom stereocenters. The maximum Gasteiger partial charge on any atom is 0.236 e. The lowest BCUT2D eigenvalue weighted by Gasteiger charge is -2.30. The average molecular weight is 319 g/mol. The molecule has 2 aliphatic carbocycles. The molecule has 0 bridgehead atoms. The van der Waals surface area contributed by atoms with Gasteiger partial charge in [0, 0.05) is 17.5 Å². The monoisotopic (exact) mass is 319 g/mol. The van der Waals surface area contributed by atoms with Crippen LogP contribution in [0.15, 0.2) is 35.2 Å². The van der Waals surface area contributed by atoms with Crippen LogP contribution in [0.1, 0.15) is 44.9 Å². The van der Waals surface area contributed by atoms with E-state index in [4.69, 9.17) is 0 Å². The van der Waals surface area contributed by atoms with Crippen LogP contribution in [0.3, 0.4) is 0 Å². The van der Waals surface area contributed by atoms with E-state index >= 15 is 0 Å². The highest BCUT2D eigenvalue weighted by Crippen LogP contribution is 2.46. The van der Waals surface area contributed by atoms with Gasteiger partial charge in [0.25, 0.3) is 0 Å². The summed E-state index contributed by atoms with van der Waals surface area (Å²) in [6, 6.07) is 10.4. The first kappa shape index (κ1) is 15.9. The highest BCUT2D eigenvalue weighted by atomic mass is 32.2. The SMILES string of the molecule is O=C(NC(CCO)C1CC1)C1(Sc2ccccc2)CCCC1. The summed E-state index contributed by atoms with van der Waals surface area (Å²) in [7, 11) is 0. The molecule has 3 rings (SSSR count). The zero-order valence-electron chi connectivity index (χ0n) is 13.0. The summed E-state index contributed by atoms with van der Waals surface area (Å²) in [5.41, 5.74) is 0. The Kier molecular flexibility index (Phi) is 5.09. The number of rotatable bonds is 7. The van der Waals surface area contributed by atoms with Crippen LogP contribution in [0.25, 0.3) is 0 Å². The third-order valence-electron chi connectivity index (χ3n) is 4.83. The standard InChI is InChI=1S/C18H25NO2S/c20-13-10-16(14-8-9-14)19-17(21)18(11-4-5-12-18)22-15-6-2-1-3-7-15/h1-3,6-7,14,16,20H,4-5,8-13H2,(H,19,21). The fraction of sp³-hybridized carbons (Fsp3) is 0.611. The molecule has 1 aromatic carbocycles. The van der Waals surface area contributed by atoms with E-state index in [0.29, 0.717) is 12.3 Å². The van der Waals surface area contributed by atoms with Crippen LogP contribution in [0, 0.1) is 5.92 Å². The first-order chi connectivity index (χ1) is 10.7. The smallest absolute Gasteiger partial charge is 0.236 e. The summed E-state index contributed by atoms with van der Waals surface area (Å²) in [4.78, 5) is 14.1. The minimum atomic E-state index is -0.316. The van der Waals surface area contributed by atoms with Crippen LogP contribution in [0.5, 0.6) is 0 Å². The summed E-state index contributed by atoms with van der Waals surface area (Å²) < 4.78 is -0.316. The number of aliphatic hydroxyl groups excluding tert-OH is 1. The number of aliphatic hydroxyl groups is 1. The molecule has 0 heterocycles. The lowest BCUT2D eigenvalue weighted by molar-refractivity contribution is -0.124. The first-order valence-corrected chi connectivity index (χ1v) is 9.21. The second-order valence-electron chi connectivity index (χ2n) is 6.55. The van der Waals surface area contributed by atoms with E-state index in [1.165, 1.54) is 17.7 Å². The number of hydrogen-bond donors (Lipinski definition) is 2. The van der Waals surface area contributed by atoms with Gasteiger partial charge >= 0.3 is 0 Å². The number of nitrogens with one attached hydrogen (secondary N) is 1. The third kappa shape index (κ3) is 3.66. The molecule has 1 unspecified atom stereocenters. The largest absolute Gasteiger partial charge is 0.396 e. The Hall–Kier alpha value is -1.00. The Morgan fingerprint density at radius 2 is 1.95 bits per heavy atom. The Labute approximate surface area is 136 Å². The Bertz CT molecular complexity index is 495. The van der Waals surface area contributed by atoms with Crippen LogP contribution in [-0.4, -0.2) is 28.4 Å². The summed E-state index contributed by atoms with van der Waals surface area (Å²) in [5, 5.41) is 12.5. The lowest BCUT2D eigenvalue weighted by Crippen LogP contribution is -2.48. The molecule has 120 valence electrons. The molecule has 2 aliphatic rings. The van der Waals surface area contributed by atoms with Gasteiger partial charge in [-0.05, 0) is 50.2 Å². The number of carbonyl (C=O) groups excluding carboxylic acids is 1. The minimum absolute atomic E-state index is 0.153. The number of carbonyl (C=O) groups is 1. The van der Waals surface area contributed by atoms with Crippen molar-refractivity contribution in [1.82, 2.24) is 5.32 Å². The fourth-order valence-corrected chi connectivity index (χ4v) is 4.79. The maximum absolute atomic E-state index is 13.0. The van der Waals surface area contributed by atoms with Gasteiger partial charge in [-0.3, -0.25) is 4.79 Å². The van der Waals surface area contributed by atoms with Crippen molar-refractivity contribution in [2.75, 3.05) is 6.61 Å². The number of thioether (sulfide) groups is 1. The van der Waals surface area contributed by atoms with Gasteiger partial charge in [0.2, 0.25) is 5.91 Å². The van der Waals surface area contributed by atoms with Crippen molar-refractivity contribution in [3.63, 3.8) is 0 Å². The van der Waals surface area contributed by atoms with Crippen molar-refractivity contribution in [3.05, 3.63) is 30.3 Å². The van der Waals surface area contributed by atoms with Gasteiger partial charge in [-0.2, -0.15) is 0 Å². The maximum atomic E-state index is 13.0. The average Bonchev–Trinajstić information content (AvgIpc) is 3.27. The van der Waals surface area contributed by atoms with Gasteiger partial charge in [-0.1, -0.05) is 31.0 Å². The Morgan fingerprint density at radius 3 is 2.55 bits per heavy atom. The molecule has 2 fully saturated rings. The van der Waals surface area contributed by atoms with Crippen LogP contribution < -0.4 is 5.32 Å². The summed E-state index contributed by atoms with van der Waals surface area (Å²) in [6.45, 7) is 0.153. The Balaban J connectivity index is 1.70. The van der Waals surface area contributed by atoms with Crippen LogP contribution in [0.2, 0.25) is 0 Å². The van der Waals surface area contributed by atoms with E-state index in [9.17, 15) is 9.90 Å². The van der Waals surface area contributed by atoms with Gasteiger partial charge in [-0.25, -0.2) is 0 Å². The molecular formula is C18H25NO2S. The summed E-state index contributed by atoms with van der Waals surface area (Å²) in [5.74, 6) is 0.764. The molecule has 1 aromatic rings. The highest BCUT2D eigenvalue weighted by Gasteiger charge is 2.44. The van der Waals surface area contributed by atoms with E-state index in [1.54, 1.807) is 11.8 Å². The van der Waals surface area contributed by atoms with E-state index in [-0.39, 0.29) is 23.3 Å². The second kappa shape index (κ2) is 7.05. The lowest BCUT2D eigenvalue weighted by atomic mass is 10.0. The molecule has 2 N–H and O–H groups in total. The van der Waals surface area contributed by atoms with Gasteiger partial charge in [0.1, 0.15) is 0 Å². The van der Waals surface area contributed by atoms with Crippen molar-refractivity contribution in [2.45, 2.75) is 60.6 Å². The number of benzene rings is 1. The van der Waals surface area contributed by atoms with E-state index in [2.05, 4.69) is 17.4 Å². The predicted octanol–water partition coefficient (Wildman–Crippen LogP) is 3.37. The van der Waals surface area contributed by atoms with Gasteiger partial charge < -0.3 is 10.4 Å². The molecule has 4 heteroatoms. The van der Waals surface area contributed by atoms with Gasteiger partial charge in [0.05, 0.1) is 4.75 Å². The van der Waals surface area contributed by atoms with Gasteiger partial charge in [0.15, 0.2) is 0 Å². The molecule has 0 saturated heterocycles. The molecule has 0 radical (unpaired) electrons. The van der Waals surface area contributed by atoms with Crippen LogP contribution in [0.4, 0.5) is 0 Å². The molecule has 0 aliphatic heterocycles. The third-order valence-corrected chi connectivity index (χ3v) is 6.32. The molecular weight excluding hydrogens is 294 g/mol. The fourth-order valence-electron chi connectivity index (χ4n) is 3.40. The van der Waals surface area contributed by atoms with Gasteiger partial charge in [-0.15, -0.1) is 11.8 Å². The quantitative estimate of drug-likeness (QED) is 0.810. The zero-order chi connectivity index (χ0) is 15.4. The minimum Gasteiger partial charge on any atom is -0.396 e. The molecule has 0 aromatic heterocycles. The van der Waals surface area contributed by atoms with Crippen molar-refractivity contribution in [2.24, 2.45) is 5.92 Å². The number of hydrogen-bond acceptors (Lipinski definition) is 3. The van der Waals surface area contributed by atoms with Crippen molar-refractivity contribution in [1.29, 1.82) is 0 Å². The number of amides is 1. The normalized spacial score (nSPS) is 21.5. The van der Waals surface area contributed by atoms with Crippen LogP contribution in [-0.2, 0) is 4.79 Å². The van der Waals surface area contributed by atoms with Crippen molar-refractivity contribution in [3.8, 4) is 0 Å². The van der Waals surface area contributed by atoms with Crippen LogP contribution >= 0.6 is 11.8 Å². The highest BCUT2D eigenvalue weighted by molar-refractivity contribution is 8.01. The van der Waals surface area contributed by atoms with Crippen molar-refractivity contribution >= 4 is 17.7 Å². The second-order valence-corrected chi connectivity index (χ2v) is 8.00. The molecule has 3 nitrogen and oxygen atoms in total. The van der Waals surface area contributed by atoms with Crippen molar-refractivity contribution < 1.29 is 9.90 Å². The predicted molar refractivity (Wildman–Crippen MR) is 89.9 cm³/mol. The van der Waals surface area contributed by atoms with E-state index in [1.807, 2.05) is 18.2 Å².